The summed E-state index contributed by atoms with van der Waals surface area (Å²) in [5, 5.41) is 2.45. The third-order valence-corrected chi connectivity index (χ3v) is 3.36. The van der Waals surface area contributed by atoms with Crippen LogP contribution in [0.5, 0.6) is 0 Å². The smallest absolute Gasteiger partial charge is 0.0896 e. The molecule has 0 aliphatic rings. The molecule has 3 aromatic rings. The van der Waals surface area contributed by atoms with E-state index in [1.54, 1.807) is 0 Å². The summed E-state index contributed by atoms with van der Waals surface area (Å²) in [7, 11) is 0. The summed E-state index contributed by atoms with van der Waals surface area (Å²) >= 11 is 0. The standard InChI is InChI=1S/C16H16N2/c1-3-13-14(4-2)18-16-10-12-8-6-5-7-11(12)9-15(16)17-13/h5-10H,3-4H2,1-2H3. The zero-order valence-corrected chi connectivity index (χ0v) is 10.8. The van der Waals surface area contributed by atoms with E-state index in [0.29, 0.717) is 0 Å². The summed E-state index contributed by atoms with van der Waals surface area (Å²) in [5.74, 6) is 0. The lowest BCUT2D eigenvalue weighted by atomic mass is 10.1. The van der Waals surface area contributed by atoms with Crippen LogP contribution in [0.3, 0.4) is 0 Å². The van der Waals surface area contributed by atoms with Gasteiger partial charge in [-0.15, -0.1) is 0 Å². The molecule has 2 aromatic carbocycles. The second-order valence-corrected chi connectivity index (χ2v) is 4.51. The SMILES string of the molecule is CCc1nc2cc3ccccc3cc2nc1CC. The predicted molar refractivity (Wildman–Crippen MR) is 75.8 cm³/mol. The van der Waals surface area contributed by atoms with Crippen LogP contribution in [0.1, 0.15) is 25.2 Å². The normalized spacial score (nSPS) is 11.2. The van der Waals surface area contributed by atoms with Crippen LogP contribution in [0.15, 0.2) is 36.4 Å². The number of hydrogen-bond donors (Lipinski definition) is 0. The summed E-state index contributed by atoms with van der Waals surface area (Å²) < 4.78 is 0. The van der Waals surface area contributed by atoms with Crippen LogP contribution in [0, 0.1) is 0 Å². The van der Waals surface area contributed by atoms with E-state index in [9.17, 15) is 0 Å². The monoisotopic (exact) mass is 236 g/mol. The zero-order chi connectivity index (χ0) is 12.5. The van der Waals surface area contributed by atoms with Gasteiger partial charge in [-0.3, -0.25) is 0 Å². The van der Waals surface area contributed by atoms with Gasteiger partial charge in [0.05, 0.1) is 22.4 Å². The quantitative estimate of drug-likeness (QED) is 0.630. The maximum absolute atomic E-state index is 4.75. The number of hydrogen-bond acceptors (Lipinski definition) is 2. The Kier molecular flexibility index (Phi) is 2.71. The number of aromatic nitrogens is 2. The van der Waals surface area contributed by atoms with Crippen LogP contribution in [0.4, 0.5) is 0 Å². The first-order chi connectivity index (χ1) is 8.81. The highest BCUT2D eigenvalue weighted by Crippen LogP contribution is 2.21. The molecule has 0 fully saturated rings. The Bertz CT molecular complexity index is 655. The minimum Gasteiger partial charge on any atom is -0.249 e. The van der Waals surface area contributed by atoms with E-state index in [-0.39, 0.29) is 0 Å². The highest BCUT2D eigenvalue weighted by Gasteiger charge is 2.06. The van der Waals surface area contributed by atoms with E-state index in [2.05, 4.69) is 50.2 Å². The van der Waals surface area contributed by atoms with Crippen molar-refractivity contribution < 1.29 is 0 Å². The van der Waals surface area contributed by atoms with Gasteiger partial charge in [0.15, 0.2) is 0 Å². The maximum atomic E-state index is 4.75. The van der Waals surface area contributed by atoms with Gasteiger partial charge in [-0.2, -0.15) is 0 Å². The summed E-state index contributed by atoms with van der Waals surface area (Å²) in [6.45, 7) is 4.27. The Labute approximate surface area is 107 Å². The highest BCUT2D eigenvalue weighted by molar-refractivity contribution is 5.94. The Morgan fingerprint density at radius 2 is 1.22 bits per heavy atom. The number of fused-ring (bicyclic) bond motifs is 2. The van der Waals surface area contributed by atoms with Gasteiger partial charge in [0.1, 0.15) is 0 Å². The Morgan fingerprint density at radius 3 is 1.61 bits per heavy atom. The number of benzene rings is 2. The molecule has 1 heterocycles. The van der Waals surface area contributed by atoms with Gasteiger partial charge < -0.3 is 0 Å². The van der Waals surface area contributed by atoms with E-state index in [1.165, 1.54) is 10.8 Å². The molecule has 1 aromatic heterocycles. The molecule has 0 saturated heterocycles. The van der Waals surface area contributed by atoms with Gasteiger partial charge in [-0.25, -0.2) is 9.97 Å². The maximum Gasteiger partial charge on any atom is 0.0896 e. The molecular formula is C16H16N2. The van der Waals surface area contributed by atoms with Gasteiger partial charge in [-0.05, 0) is 35.7 Å². The molecule has 0 aliphatic heterocycles. The van der Waals surface area contributed by atoms with E-state index in [1.807, 2.05) is 0 Å². The zero-order valence-electron chi connectivity index (χ0n) is 10.8. The average Bonchev–Trinajstić information content (AvgIpc) is 2.43. The lowest BCUT2D eigenvalue weighted by Crippen LogP contribution is -2.00. The fraction of sp³-hybridized carbons (Fsp3) is 0.250. The first-order valence-corrected chi connectivity index (χ1v) is 6.50. The average molecular weight is 236 g/mol. The number of nitrogens with zero attached hydrogens (tertiary/aromatic N) is 2. The third kappa shape index (κ3) is 1.74. The van der Waals surface area contributed by atoms with E-state index < -0.39 is 0 Å². The van der Waals surface area contributed by atoms with Crippen molar-refractivity contribution in [3.05, 3.63) is 47.8 Å². The fourth-order valence-corrected chi connectivity index (χ4v) is 2.38. The molecule has 0 bridgehead atoms. The Balaban J connectivity index is 2.36. The lowest BCUT2D eigenvalue weighted by molar-refractivity contribution is 0.931. The number of aryl methyl sites for hydroxylation is 2. The topological polar surface area (TPSA) is 25.8 Å². The van der Waals surface area contributed by atoms with E-state index in [0.717, 1.165) is 35.3 Å². The van der Waals surface area contributed by atoms with Crippen molar-refractivity contribution in [2.75, 3.05) is 0 Å². The molecule has 90 valence electrons. The van der Waals surface area contributed by atoms with Crippen LogP contribution in [-0.4, -0.2) is 9.97 Å². The molecule has 0 spiro atoms. The molecule has 0 aliphatic carbocycles. The Morgan fingerprint density at radius 1 is 0.778 bits per heavy atom. The first-order valence-electron chi connectivity index (χ1n) is 6.50. The minimum absolute atomic E-state index is 0.943. The van der Waals surface area contributed by atoms with E-state index in [4.69, 9.17) is 9.97 Å². The molecule has 18 heavy (non-hydrogen) atoms. The van der Waals surface area contributed by atoms with Crippen molar-refractivity contribution in [3.63, 3.8) is 0 Å². The number of rotatable bonds is 2. The molecule has 3 rings (SSSR count). The molecule has 0 N–H and O–H groups in total. The lowest BCUT2D eigenvalue weighted by Gasteiger charge is -2.07. The second kappa shape index (κ2) is 4.37. The first kappa shape index (κ1) is 11.1. The molecule has 0 saturated carbocycles. The highest BCUT2D eigenvalue weighted by atomic mass is 14.8. The largest absolute Gasteiger partial charge is 0.249 e. The molecule has 0 radical (unpaired) electrons. The third-order valence-electron chi connectivity index (χ3n) is 3.36. The van der Waals surface area contributed by atoms with Gasteiger partial charge >= 0.3 is 0 Å². The van der Waals surface area contributed by atoms with Gasteiger partial charge in [0, 0.05) is 0 Å². The van der Waals surface area contributed by atoms with Gasteiger partial charge in [0.2, 0.25) is 0 Å². The van der Waals surface area contributed by atoms with Crippen LogP contribution >= 0.6 is 0 Å². The summed E-state index contributed by atoms with van der Waals surface area (Å²) in [4.78, 5) is 9.50. The van der Waals surface area contributed by atoms with Crippen LogP contribution in [0.25, 0.3) is 21.8 Å². The van der Waals surface area contributed by atoms with Crippen molar-refractivity contribution in [1.29, 1.82) is 0 Å². The van der Waals surface area contributed by atoms with Crippen molar-refractivity contribution in [2.45, 2.75) is 26.7 Å². The molecule has 0 atom stereocenters. The summed E-state index contributed by atoms with van der Waals surface area (Å²) in [6.07, 6.45) is 1.89. The molecule has 2 heteroatoms. The molecule has 2 nitrogen and oxygen atoms in total. The van der Waals surface area contributed by atoms with Gasteiger partial charge in [0.25, 0.3) is 0 Å². The van der Waals surface area contributed by atoms with E-state index >= 15 is 0 Å². The van der Waals surface area contributed by atoms with Crippen molar-refractivity contribution in [2.24, 2.45) is 0 Å². The molecule has 0 amide bonds. The van der Waals surface area contributed by atoms with Crippen LogP contribution in [0.2, 0.25) is 0 Å². The summed E-state index contributed by atoms with van der Waals surface area (Å²) in [5.41, 5.74) is 4.26. The van der Waals surface area contributed by atoms with Crippen molar-refractivity contribution in [1.82, 2.24) is 9.97 Å². The predicted octanol–water partition coefficient (Wildman–Crippen LogP) is 3.91. The molecular weight excluding hydrogens is 220 g/mol. The minimum atomic E-state index is 0.943. The van der Waals surface area contributed by atoms with Crippen LogP contribution in [-0.2, 0) is 12.8 Å². The van der Waals surface area contributed by atoms with Crippen molar-refractivity contribution >= 4 is 21.8 Å². The van der Waals surface area contributed by atoms with Crippen LogP contribution < -0.4 is 0 Å². The van der Waals surface area contributed by atoms with Crippen molar-refractivity contribution in [3.8, 4) is 0 Å². The van der Waals surface area contributed by atoms with Gasteiger partial charge in [-0.1, -0.05) is 38.1 Å². The fourth-order valence-electron chi connectivity index (χ4n) is 2.38. The molecule has 0 unspecified atom stereocenters. The second-order valence-electron chi connectivity index (χ2n) is 4.51. The Hall–Kier alpha value is -1.96. The summed E-state index contributed by atoms with van der Waals surface area (Å²) in [6, 6.07) is 12.6.